The first-order valence-corrected chi connectivity index (χ1v) is 8.61. The van der Waals surface area contributed by atoms with Crippen molar-refractivity contribution in [2.75, 3.05) is 11.9 Å². The van der Waals surface area contributed by atoms with Crippen LogP contribution in [0.5, 0.6) is 0 Å². The smallest absolute Gasteiger partial charge is 0.178 e. The third-order valence-electron chi connectivity index (χ3n) is 5.05. The summed E-state index contributed by atoms with van der Waals surface area (Å²) in [7, 11) is 0. The lowest BCUT2D eigenvalue weighted by molar-refractivity contribution is 0.0801. The summed E-state index contributed by atoms with van der Waals surface area (Å²) >= 11 is 0. The van der Waals surface area contributed by atoms with Crippen LogP contribution in [0.1, 0.15) is 42.9 Å². The maximum absolute atomic E-state index is 5.49. The van der Waals surface area contributed by atoms with E-state index in [1.54, 1.807) is 6.33 Å². The molecule has 1 saturated carbocycles. The molecule has 2 aliphatic rings. The van der Waals surface area contributed by atoms with Gasteiger partial charge in [-0.15, -0.1) is 0 Å². The molecule has 0 amide bonds. The number of nitrogens with one attached hydrogen (secondary N) is 1. The van der Waals surface area contributed by atoms with Gasteiger partial charge in [-0.3, -0.25) is 4.68 Å². The first-order chi connectivity index (χ1) is 11.9. The van der Waals surface area contributed by atoms with Crippen molar-refractivity contribution in [1.29, 1.82) is 0 Å². The van der Waals surface area contributed by atoms with E-state index >= 15 is 0 Å². The summed E-state index contributed by atoms with van der Waals surface area (Å²) in [6.45, 7) is 2.15. The zero-order valence-electron chi connectivity index (χ0n) is 13.5. The molecule has 3 aromatic heterocycles. The van der Waals surface area contributed by atoms with Crippen LogP contribution < -0.4 is 5.32 Å². The van der Waals surface area contributed by atoms with Crippen molar-refractivity contribution in [3.05, 3.63) is 35.9 Å². The monoisotopic (exact) mass is 324 g/mol. The molecule has 7 heteroatoms. The maximum atomic E-state index is 5.49. The van der Waals surface area contributed by atoms with Gasteiger partial charge < -0.3 is 10.1 Å². The van der Waals surface area contributed by atoms with E-state index in [1.807, 2.05) is 15.3 Å². The molecule has 1 N–H and O–H groups in total. The molecule has 0 bridgehead atoms. The third kappa shape index (κ3) is 2.36. The quantitative estimate of drug-likeness (QED) is 0.802. The van der Waals surface area contributed by atoms with Crippen LogP contribution in [-0.4, -0.2) is 31.0 Å². The van der Waals surface area contributed by atoms with Crippen LogP contribution >= 0.6 is 0 Å². The number of hydrogen-bond acceptors (Lipinski definition) is 5. The van der Waals surface area contributed by atoms with Gasteiger partial charge in [0, 0.05) is 12.3 Å². The number of anilines is 2. The molecule has 124 valence electrons. The molecule has 1 aliphatic carbocycles. The highest BCUT2D eigenvalue weighted by Crippen LogP contribution is 2.36. The molecule has 0 aromatic carbocycles. The molecule has 24 heavy (non-hydrogen) atoms. The summed E-state index contributed by atoms with van der Waals surface area (Å²) in [6.07, 6.45) is 8.87. The predicted molar refractivity (Wildman–Crippen MR) is 89.4 cm³/mol. The topological polar surface area (TPSA) is 69.3 Å². The molecule has 7 nitrogen and oxygen atoms in total. The molecule has 0 saturated heterocycles. The van der Waals surface area contributed by atoms with E-state index in [2.05, 4.69) is 32.8 Å². The summed E-state index contributed by atoms with van der Waals surface area (Å²) in [5.41, 5.74) is 4.24. The van der Waals surface area contributed by atoms with E-state index < -0.39 is 0 Å². The van der Waals surface area contributed by atoms with Crippen LogP contribution in [0.25, 0.3) is 5.65 Å². The number of hydrogen-bond donors (Lipinski definition) is 1. The fraction of sp³-hybridized carbons (Fsp3) is 0.471. The largest absolute Gasteiger partial charge is 0.373 e. The molecule has 4 heterocycles. The van der Waals surface area contributed by atoms with Crippen molar-refractivity contribution in [3.8, 4) is 0 Å². The first kappa shape index (κ1) is 14.0. The first-order valence-electron chi connectivity index (χ1n) is 8.61. The lowest BCUT2D eigenvalue weighted by Crippen LogP contribution is -2.16. The van der Waals surface area contributed by atoms with E-state index in [0.29, 0.717) is 12.5 Å². The lowest BCUT2D eigenvalue weighted by Gasteiger charge is -2.13. The number of ether oxygens (including phenoxy) is 1. The van der Waals surface area contributed by atoms with Gasteiger partial charge in [0.1, 0.15) is 6.33 Å². The highest BCUT2D eigenvalue weighted by molar-refractivity contribution is 5.73. The molecule has 1 fully saturated rings. The van der Waals surface area contributed by atoms with Crippen molar-refractivity contribution in [1.82, 2.24) is 24.4 Å². The van der Waals surface area contributed by atoms with Crippen molar-refractivity contribution >= 4 is 17.2 Å². The minimum absolute atomic E-state index is 0.622. The molecule has 1 aliphatic heterocycles. The molecule has 0 spiro atoms. The van der Waals surface area contributed by atoms with Crippen molar-refractivity contribution in [2.45, 2.75) is 44.8 Å². The van der Waals surface area contributed by atoms with Gasteiger partial charge in [-0.05, 0) is 30.4 Å². The summed E-state index contributed by atoms with van der Waals surface area (Å²) in [5.74, 6) is 1.46. The van der Waals surface area contributed by atoms with E-state index in [0.717, 1.165) is 36.0 Å². The Balaban J connectivity index is 1.52. The van der Waals surface area contributed by atoms with Gasteiger partial charge in [-0.2, -0.15) is 10.2 Å². The predicted octanol–water partition coefficient (Wildman–Crippen LogP) is 2.86. The average Bonchev–Trinajstić information content (AvgIpc) is 3.34. The number of fused-ring (bicyclic) bond motifs is 2. The van der Waals surface area contributed by atoms with E-state index in [4.69, 9.17) is 4.74 Å². The minimum atomic E-state index is 0.622. The Morgan fingerprint density at radius 1 is 1.21 bits per heavy atom. The zero-order chi connectivity index (χ0) is 15.9. The second-order valence-corrected chi connectivity index (χ2v) is 6.62. The Morgan fingerprint density at radius 3 is 3.00 bits per heavy atom. The molecular weight excluding hydrogens is 304 g/mol. The van der Waals surface area contributed by atoms with Gasteiger partial charge in [0.2, 0.25) is 0 Å². The lowest BCUT2D eigenvalue weighted by atomic mass is 9.99. The SMILES string of the molecule is c1nc2c(Nc3cc4n(n3)CCOC4)cc(C3CCCC3)cn2n1. The van der Waals surface area contributed by atoms with Gasteiger partial charge in [0.25, 0.3) is 0 Å². The summed E-state index contributed by atoms with van der Waals surface area (Å²) in [4.78, 5) is 4.39. The number of nitrogens with zero attached hydrogens (tertiary/aromatic N) is 5. The fourth-order valence-electron chi connectivity index (χ4n) is 3.81. The van der Waals surface area contributed by atoms with Crippen LogP contribution in [0.15, 0.2) is 24.7 Å². The average molecular weight is 324 g/mol. The number of rotatable bonds is 3. The number of pyridine rings is 1. The van der Waals surface area contributed by atoms with E-state index in [1.165, 1.54) is 31.2 Å². The molecule has 3 aromatic rings. The Morgan fingerprint density at radius 2 is 2.12 bits per heavy atom. The van der Waals surface area contributed by atoms with Gasteiger partial charge in [-0.25, -0.2) is 9.50 Å². The molecule has 0 radical (unpaired) electrons. The van der Waals surface area contributed by atoms with Crippen molar-refractivity contribution in [3.63, 3.8) is 0 Å². The second-order valence-electron chi connectivity index (χ2n) is 6.62. The standard InChI is InChI=1S/C17H20N6O/c1-2-4-12(3-1)13-7-15(17-18-11-19-23(17)9-13)20-16-8-14-10-24-6-5-22(14)21-16/h7-9,11-12H,1-6,10H2,(H,20,21). The Hall–Kier alpha value is -2.41. The highest BCUT2D eigenvalue weighted by atomic mass is 16.5. The van der Waals surface area contributed by atoms with Crippen LogP contribution in [0, 0.1) is 0 Å². The summed E-state index contributed by atoms with van der Waals surface area (Å²) < 4.78 is 9.37. The second kappa shape index (κ2) is 5.59. The Kier molecular flexibility index (Phi) is 3.26. The maximum Gasteiger partial charge on any atom is 0.178 e. The van der Waals surface area contributed by atoms with Gasteiger partial charge in [0.15, 0.2) is 11.5 Å². The van der Waals surface area contributed by atoms with Gasteiger partial charge >= 0.3 is 0 Å². The van der Waals surface area contributed by atoms with Crippen molar-refractivity contribution in [2.24, 2.45) is 0 Å². The summed E-state index contributed by atoms with van der Waals surface area (Å²) in [6, 6.07) is 4.27. The van der Waals surface area contributed by atoms with Gasteiger partial charge in [-0.1, -0.05) is 12.8 Å². The fourth-order valence-corrected chi connectivity index (χ4v) is 3.81. The Bertz CT molecular complexity index is 853. The van der Waals surface area contributed by atoms with Gasteiger partial charge in [0.05, 0.1) is 31.1 Å². The molecule has 0 unspecified atom stereocenters. The van der Waals surface area contributed by atoms with E-state index in [9.17, 15) is 0 Å². The van der Waals surface area contributed by atoms with E-state index in [-0.39, 0.29) is 0 Å². The van der Waals surface area contributed by atoms with Crippen LogP contribution in [-0.2, 0) is 17.9 Å². The normalized spacial score (nSPS) is 18.2. The van der Waals surface area contributed by atoms with Crippen LogP contribution in [0.4, 0.5) is 11.5 Å². The molecular formula is C17H20N6O. The van der Waals surface area contributed by atoms with Crippen LogP contribution in [0.2, 0.25) is 0 Å². The zero-order valence-corrected chi connectivity index (χ0v) is 13.5. The highest BCUT2D eigenvalue weighted by Gasteiger charge is 2.20. The minimum Gasteiger partial charge on any atom is -0.373 e. The molecule has 5 rings (SSSR count). The molecule has 0 atom stereocenters. The Labute approximate surface area is 139 Å². The van der Waals surface area contributed by atoms with Crippen molar-refractivity contribution < 1.29 is 4.74 Å². The summed E-state index contributed by atoms with van der Waals surface area (Å²) in [5, 5.41) is 12.4. The third-order valence-corrected chi connectivity index (χ3v) is 5.05. The van der Waals surface area contributed by atoms with Crippen LogP contribution in [0.3, 0.4) is 0 Å². The number of aromatic nitrogens is 5.